The van der Waals surface area contributed by atoms with Gasteiger partial charge in [-0.15, -0.1) is 0 Å². The van der Waals surface area contributed by atoms with E-state index in [1.807, 2.05) is 6.07 Å². The van der Waals surface area contributed by atoms with E-state index in [2.05, 4.69) is 33.6 Å². The smallest absolute Gasteiger partial charge is 0.417 e. The normalized spacial score (nSPS) is 22.6. The standard InChI is InChI=1S/C47H51F3N8O6S/c1-5-55(33-20-35(21-33)64-34-10-11-36-37(23-34)43(61)58(42(36)60)39-12-6-28(2)53-41(39)59)26-29-14-16-54(17-15-29)18-19-63-40-13-7-30(25-52-40)27-56-45(65)57(44(62)46(56,3)4)32-9-8-31(24-51)38(22-32)47(48,49)50/h7-11,13,22-23,25,29,33,35,39H,2,5-6,12,14-21,26-27H2,1,3-4H3,(H,53,59). The second-order valence-corrected chi connectivity index (χ2v) is 18.2. The van der Waals surface area contributed by atoms with E-state index < -0.39 is 52.5 Å². The molecule has 2 aromatic carbocycles. The van der Waals surface area contributed by atoms with E-state index in [0.29, 0.717) is 48.7 Å². The van der Waals surface area contributed by atoms with Gasteiger partial charge in [0.15, 0.2) is 5.11 Å². The van der Waals surface area contributed by atoms with Crippen LogP contribution in [-0.4, -0.2) is 116 Å². The molecule has 1 unspecified atom stereocenters. The van der Waals surface area contributed by atoms with Gasteiger partial charge in [-0.05, 0) is 119 Å². The average molecular weight is 913 g/mol. The van der Waals surface area contributed by atoms with Crippen LogP contribution < -0.4 is 19.7 Å². The van der Waals surface area contributed by atoms with E-state index in [4.69, 9.17) is 21.7 Å². The van der Waals surface area contributed by atoms with Crippen molar-refractivity contribution >= 4 is 46.6 Å². The van der Waals surface area contributed by atoms with Crippen molar-refractivity contribution in [1.29, 1.82) is 5.26 Å². The molecule has 1 aromatic heterocycles. The number of benzene rings is 2. The van der Waals surface area contributed by atoms with Crippen LogP contribution in [0.15, 0.2) is 67.0 Å². The van der Waals surface area contributed by atoms with Gasteiger partial charge in [-0.25, -0.2) is 4.98 Å². The molecule has 0 spiro atoms. The Morgan fingerprint density at radius 2 is 1.75 bits per heavy atom. The first-order chi connectivity index (χ1) is 31.0. The van der Waals surface area contributed by atoms with Crippen molar-refractivity contribution in [3.8, 4) is 17.7 Å². The molecule has 1 atom stereocenters. The van der Waals surface area contributed by atoms with Crippen LogP contribution in [0.2, 0.25) is 0 Å². The highest BCUT2D eigenvalue weighted by molar-refractivity contribution is 7.80. The van der Waals surface area contributed by atoms with Gasteiger partial charge in [-0.3, -0.25) is 33.9 Å². The van der Waals surface area contributed by atoms with Crippen LogP contribution in [0.3, 0.4) is 0 Å². The van der Waals surface area contributed by atoms with Crippen LogP contribution in [0, 0.1) is 17.2 Å². The van der Waals surface area contributed by atoms with Crippen molar-refractivity contribution in [3.05, 3.63) is 94.8 Å². The van der Waals surface area contributed by atoms with E-state index in [-0.39, 0.29) is 34.6 Å². The molecule has 1 aliphatic carbocycles. The Morgan fingerprint density at radius 1 is 1.02 bits per heavy atom. The number of nitrogens with zero attached hydrogens (tertiary/aromatic N) is 7. The van der Waals surface area contributed by atoms with Crippen LogP contribution in [-0.2, 0) is 22.3 Å². The number of aromatic nitrogens is 1. The number of hydrogen-bond donors (Lipinski definition) is 1. The fourth-order valence-electron chi connectivity index (χ4n) is 9.37. The maximum absolute atomic E-state index is 13.7. The molecule has 342 valence electrons. The second-order valence-electron chi connectivity index (χ2n) is 17.8. The number of anilines is 1. The zero-order chi connectivity index (χ0) is 46.4. The van der Waals surface area contributed by atoms with Gasteiger partial charge < -0.3 is 24.6 Å². The molecule has 5 heterocycles. The topological polar surface area (TPSA) is 152 Å². The number of pyridine rings is 1. The van der Waals surface area contributed by atoms with Gasteiger partial charge in [0, 0.05) is 56.5 Å². The summed E-state index contributed by atoms with van der Waals surface area (Å²) >= 11 is 5.63. The number of rotatable bonds is 14. The van der Waals surface area contributed by atoms with Crippen LogP contribution in [0.1, 0.15) is 96.7 Å². The molecule has 3 aromatic rings. The SMILES string of the molecule is C=C1CCC(N2C(=O)c3ccc(OC4CC(N(CC)CC5CCN(CCOc6ccc(CN7C(=S)N(c8ccc(C#N)c(C(F)(F)F)c8)C(=O)C7(C)C)cn6)CC5)C4)cc3C2=O)C(=O)N1. The summed E-state index contributed by atoms with van der Waals surface area (Å²) in [6.07, 6.45) is 1.62. The van der Waals surface area contributed by atoms with Crippen LogP contribution in [0.4, 0.5) is 18.9 Å². The number of alkyl halides is 3. The minimum Gasteiger partial charge on any atom is -0.490 e. The Bertz CT molecular complexity index is 2440. The lowest BCUT2D eigenvalue weighted by atomic mass is 9.86. The Morgan fingerprint density at radius 3 is 2.42 bits per heavy atom. The number of hydrogen-bond acceptors (Lipinski definition) is 11. The van der Waals surface area contributed by atoms with Gasteiger partial charge in [0.2, 0.25) is 11.8 Å². The number of likely N-dealkylation sites (tertiary alicyclic amines) is 1. The van der Waals surface area contributed by atoms with E-state index >= 15 is 0 Å². The van der Waals surface area contributed by atoms with E-state index in [0.717, 1.165) is 85.9 Å². The summed E-state index contributed by atoms with van der Waals surface area (Å²) in [6, 6.07) is 12.8. The minimum atomic E-state index is -4.78. The zero-order valence-corrected chi connectivity index (χ0v) is 37.3. The van der Waals surface area contributed by atoms with E-state index in [9.17, 15) is 37.6 Å². The second kappa shape index (κ2) is 18.2. The Hall–Kier alpha value is -5.90. The summed E-state index contributed by atoms with van der Waals surface area (Å²) < 4.78 is 53.4. The molecule has 4 aliphatic heterocycles. The van der Waals surface area contributed by atoms with E-state index in [1.54, 1.807) is 55.3 Å². The molecule has 4 fully saturated rings. The highest BCUT2D eigenvalue weighted by Crippen LogP contribution is 2.39. The maximum Gasteiger partial charge on any atom is 0.417 e. The van der Waals surface area contributed by atoms with Crippen LogP contribution >= 0.6 is 12.2 Å². The highest BCUT2D eigenvalue weighted by atomic mass is 32.1. The molecule has 5 aliphatic rings. The molecule has 0 radical (unpaired) electrons. The van der Waals surface area contributed by atoms with Crippen LogP contribution in [0.5, 0.6) is 11.6 Å². The van der Waals surface area contributed by atoms with Crippen molar-refractivity contribution in [2.75, 3.05) is 44.2 Å². The van der Waals surface area contributed by atoms with Gasteiger partial charge in [-0.1, -0.05) is 19.6 Å². The largest absolute Gasteiger partial charge is 0.490 e. The number of nitriles is 1. The molecule has 65 heavy (non-hydrogen) atoms. The summed E-state index contributed by atoms with van der Waals surface area (Å²) in [5.41, 5.74) is -1.03. The fourth-order valence-corrected chi connectivity index (χ4v) is 9.85. The molecule has 1 N–H and O–H groups in total. The third kappa shape index (κ3) is 9.18. The van der Waals surface area contributed by atoms with Gasteiger partial charge >= 0.3 is 6.18 Å². The molecular formula is C47H51F3N8O6S. The van der Waals surface area contributed by atoms with E-state index in [1.165, 1.54) is 6.07 Å². The summed E-state index contributed by atoms with van der Waals surface area (Å²) in [5.74, 6) is -0.246. The van der Waals surface area contributed by atoms with Crippen molar-refractivity contribution < 1.29 is 41.8 Å². The lowest BCUT2D eigenvalue weighted by Gasteiger charge is -2.44. The van der Waals surface area contributed by atoms with Crippen molar-refractivity contribution in [2.24, 2.45) is 5.92 Å². The molecule has 1 saturated carbocycles. The summed E-state index contributed by atoms with van der Waals surface area (Å²) in [5, 5.41) is 11.9. The number of nitrogens with one attached hydrogen (secondary N) is 1. The van der Waals surface area contributed by atoms with Crippen molar-refractivity contribution in [2.45, 2.75) is 95.7 Å². The number of carbonyl (C=O) groups excluding carboxylic acids is 4. The Balaban J connectivity index is 0.753. The molecule has 14 nitrogen and oxygen atoms in total. The number of amides is 4. The summed E-state index contributed by atoms with van der Waals surface area (Å²) in [4.78, 5) is 65.7. The predicted octanol–water partition coefficient (Wildman–Crippen LogP) is 6.30. The first-order valence-electron chi connectivity index (χ1n) is 22.0. The highest BCUT2D eigenvalue weighted by Gasteiger charge is 2.50. The van der Waals surface area contributed by atoms with Gasteiger partial charge in [0.1, 0.15) is 30.0 Å². The van der Waals surface area contributed by atoms with Gasteiger partial charge in [0.25, 0.3) is 17.7 Å². The zero-order valence-electron chi connectivity index (χ0n) is 36.5. The molecule has 8 rings (SSSR count). The number of piperidine rings is 2. The number of ether oxygens (including phenoxy) is 2. The quantitative estimate of drug-likeness (QED) is 0.143. The molecule has 0 bridgehead atoms. The average Bonchev–Trinajstić information content (AvgIpc) is 3.60. The fraction of sp³-hybridized carbons (Fsp3) is 0.468. The maximum atomic E-state index is 13.7. The number of imide groups is 1. The third-order valence-electron chi connectivity index (χ3n) is 13.3. The minimum absolute atomic E-state index is 0.00694. The van der Waals surface area contributed by atoms with Gasteiger partial charge in [-0.2, -0.15) is 18.4 Å². The lowest BCUT2D eigenvalue weighted by molar-refractivity contribution is -0.137. The number of carbonyl (C=O) groups is 4. The van der Waals surface area contributed by atoms with Crippen molar-refractivity contribution in [1.82, 2.24) is 29.9 Å². The lowest BCUT2D eigenvalue weighted by Crippen LogP contribution is -2.51. The molecule has 4 amide bonds. The summed E-state index contributed by atoms with van der Waals surface area (Å²) in [6.45, 7) is 14.6. The number of thiocarbonyl (C=S) groups is 1. The van der Waals surface area contributed by atoms with Crippen LogP contribution in [0.25, 0.3) is 0 Å². The Kier molecular flexibility index (Phi) is 12.8. The monoisotopic (exact) mass is 912 g/mol. The predicted molar refractivity (Wildman–Crippen MR) is 237 cm³/mol. The molecule has 18 heteroatoms. The van der Waals surface area contributed by atoms with Gasteiger partial charge in [0.05, 0.1) is 34.0 Å². The third-order valence-corrected chi connectivity index (χ3v) is 13.7. The number of halogens is 3. The molecular weight excluding hydrogens is 862 g/mol. The number of allylic oxidation sites excluding steroid dienone is 1. The number of fused-ring (bicyclic) bond motifs is 1. The summed E-state index contributed by atoms with van der Waals surface area (Å²) in [7, 11) is 0. The van der Waals surface area contributed by atoms with Crippen molar-refractivity contribution in [3.63, 3.8) is 0 Å². The first-order valence-corrected chi connectivity index (χ1v) is 22.4. The molecule has 3 saturated heterocycles. The Labute approximate surface area is 380 Å². The first kappa shape index (κ1) is 45.7.